The molecule has 0 N–H and O–H groups in total. The first-order valence-corrected chi connectivity index (χ1v) is 12.3. The largest absolute Gasteiger partial charge is 0.369 e. The molecule has 2 amide bonds. The summed E-state index contributed by atoms with van der Waals surface area (Å²) < 4.78 is 0. The molecule has 2 aliphatic rings. The van der Waals surface area contributed by atoms with Crippen LogP contribution >= 0.6 is 0 Å². The fraction of sp³-hybridized carbons (Fsp3) is 0.414. The predicted molar refractivity (Wildman–Crippen MR) is 140 cm³/mol. The lowest BCUT2D eigenvalue weighted by molar-refractivity contribution is -0.138. The predicted octanol–water partition coefficient (Wildman–Crippen LogP) is 4.67. The summed E-state index contributed by atoms with van der Waals surface area (Å²) in [7, 11) is 2.15. The molecule has 0 saturated carbocycles. The summed E-state index contributed by atoms with van der Waals surface area (Å²) >= 11 is 0. The Morgan fingerprint density at radius 2 is 1.83 bits per heavy atom. The van der Waals surface area contributed by atoms with Crippen LogP contribution in [0.15, 0.2) is 48.5 Å². The first kappa shape index (κ1) is 24.5. The van der Waals surface area contributed by atoms with E-state index in [9.17, 15) is 9.59 Å². The van der Waals surface area contributed by atoms with E-state index in [0.717, 1.165) is 16.8 Å². The number of rotatable bonds is 8. The summed E-state index contributed by atoms with van der Waals surface area (Å²) in [6.07, 6.45) is 5.48. The normalized spacial score (nSPS) is 18.9. The van der Waals surface area contributed by atoms with Gasteiger partial charge in [-0.15, -0.1) is 0 Å². The van der Waals surface area contributed by atoms with E-state index < -0.39 is 0 Å². The van der Waals surface area contributed by atoms with Crippen LogP contribution in [0.1, 0.15) is 49.8 Å². The van der Waals surface area contributed by atoms with E-state index in [1.165, 1.54) is 16.2 Å². The van der Waals surface area contributed by atoms with Gasteiger partial charge in [-0.2, -0.15) is 5.26 Å². The fourth-order valence-corrected chi connectivity index (χ4v) is 5.38. The molecule has 0 bridgehead atoms. The third-order valence-corrected chi connectivity index (χ3v) is 7.45. The Morgan fingerprint density at radius 3 is 2.49 bits per heavy atom. The number of fused-ring (bicyclic) bond motifs is 1. The number of imide groups is 1. The third kappa shape index (κ3) is 4.81. The summed E-state index contributed by atoms with van der Waals surface area (Å²) in [6, 6.07) is 17.4. The van der Waals surface area contributed by atoms with Crippen molar-refractivity contribution in [3.05, 3.63) is 65.2 Å². The maximum Gasteiger partial charge on any atom is 0.229 e. The van der Waals surface area contributed by atoms with Gasteiger partial charge in [-0.05, 0) is 41.8 Å². The van der Waals surface area contributed by atoms with E-state index in [-0.39, 0.29) is 23.3 Å². The lowest BCUT2D eigenvalue weighted by Gasteiger charge is -2.30. The van der Waals surface area contributed by atoms with E-state index in [1.807, 2.05) is 0 Å². The van der Waals surface area contributed by atoms with Gasteiger partial charge in [-0.25, -0.2) is 0 Å². The molecule has 1 saturated heterocycles. The van der Waals surface area contributed by atoms with Gasteiger partial charge in [0.2, 0.25) is 11.8 Å². The molecule has 6 heteroatoms. The number of carbonyl (C=O) groups excluding carboxylic acids is 2. The molecule has 0 aliphatic carbocycles. The Kier molecular flexibility index (Phi) is 6.98. The van der Waals surface area contributed by atoms with E-state index in [4.69, 9.17) is 5.26 Å². The van der Waals surface area contributed by atoms with Crippen LogP contribution in [0.4, 0.5) is 11.4 Å². The number of nitrogens with zero attached hydrogens (tertiary/aromatic N) is 4. The molecule has 6 nitrogen and oxygen atoms in total. The van der Waals surface area contributed by atoms with E-state index in [2.05, 4.69) is 98.3 Å². The van der Waals surface area contributed by atoms with Crippen LogP contribution in [-0.4, -0.2) is 49.4 Å². The highest BCUT2D eigenvalue weighted by Crippen LogP contribution is 2.44. The van der Waals surface area contributed by atoms with E-state index in [1.54, 1.807) is 0 Å². The standard InChI is InChI=1S/C29H34N4O2/c1-21-20-23(32(17-7-16-30)18-19-33-27(34)14-15-28(33)35)12-10-22(21)11-13-26-29(2,3)24-8-5-6-9-25(24)31(26)4/h5-6,8-13,20,26H,7,14-15,17-19H2,1-4H3/b13-11+. The number of likely N-dealkylation sites (N-methyl/N-ethyl adjacent to an activating group) is 1. The topological polar surface area (TPSA) is 67.6 Å². The van der Waals surface area contributed by atoms with Gasteiger partial charge < -0.3 is 9.80 Å². The van der Waals surface area contributed by atoms with Crippen LogP contribution in [0, 0.1) is 18.3 Å². The minimum Gasteiger partial charge on any atom is -0.369 e. The van der Waals surface area contributed by atoms with Gasteiger partial charge in [0.15, 0.2) is 0 Å². The van der Waals surface area contributed by atoms with Gasteiger partial charge in [-0.1, -0.05) is 50.3 Å². The smallest absolute Gasteiger partial charge is 0.229 e. The average molecular weight is 471 g/mol. The van der Waals surface area contributed by atoms with Gasteiger partial charge in [-0.3, -0.25) is 14.5 Å². The molecule has 0 aromatic heterocycles. The summed E-state index contributed by atoms with van der Waals surface area (Å²) in [6.45, 7) is 8.12. The van der Waals surface area contributed by atoms with Gasteiger partial charge in [0.1, 0.15) is 0 Å². The number of carbonyl (C=O) groups is 2. The molecule has 2 aromatic rings. The Hall–Kier alpha value is -3.59. The number of nitriles is 1. The summed E-state index contributed by atoms with van der Waals surface area (Å²) in [5.74, 6) is -0.206. The fourth-order valence-electron chi connectivity index (χ4n) is 5.38. The number of aryl methyl sites for hydroxylation is 1. The first-order valence-electron chi connectivity index (χ1n) is 12.3. The lowest BCUT2D eigenvalue weighted by atomic mass is 9.80. The van der Waals surface area contributed by atoms with Crippen molar-refractivity contribution in [3.8, 4) is 6.07 Å². The molecule has 0 radical (unpaired) electrons. The molecule has 2 aromatic carbocycles. The number of benzene rings is 2. The van der Waals surface area contributed by atoms with Crippen LogP contribution in [0.3, 0.4) is 0 Å². The Labute approximate surface area is 208 Å². The number of hydrogen-bond acceptors (Lipinski definition) is 5. The number of likely N-dealkylation sites (tertiary alicyclic amines) is 1. The maximum atomic E-state index is 12.0. The molecule has 1 unspecified atom stereocenters. The molecular weight excluding hydrogens is 436 g/mol. The van der Waals surface area contributed by atoms with Crippen LogP contribution < -0.4 is 9.80 Å². The van der Waals surface area contributed by atoms with Crippen LogP contribution in [-0.2, 0) is 15.0 Å². The van der Waals surface area contributed by atoms with Crippen LogP contribution in [0.25, 0.3) is 6.08 Å². The second-order valence-corrected chi connectivity index (χ2v) is 10.0. The zero-order valence-corrected chi connectivity index (χ0v) is 21.1. The summed E-state index contributed by atoms with van der Waals surface area (Å²) in [4.78, 5) is 29.8. The summed E-state index contributed by atoms with van der Waals surface area (Å²) in [5.41, 5.74) is 5.95. The van der Waals surface area contributed by atoms with Gasteiger partial charge in [0, 0.05) is 56.3 Å². The molecule has 1 atom stereocenters. The molecule has 0 spiro atoms. The first-order chi connectivity index (χ1) is 16.7. The monoisotopic (exact) mass is 470 g/mol. The van der Waals surface area contributed by atoms with Gasteiger partial charge >= 0.3 is 0 Å². The van der Waals surface area contributed by atoms with Crippen LogP contribution in [0.2, 0.25) is 0 Å². The van der Waals surface area contributed by atoms with Crippen LogP contribution in [0.5, 0.6) is 0 Å². The third-order valence-electron chi connectivity index (χ3n) is 7.45. The number of para-hydroxylation sites is 1. The van der Waals surface area contributed by atoms with Crippen molar-refractivity contribution >= 4 is 29.3 Å². The van der Waals surface area contributed by atoms with Crippen molar-refractivity contribution in [3.63, 3.8) is 0 Å². The minimum absolute atomic E-state index is 0.00816. The van der Waals surface area contributed by atoms with Gasteiger partial charge in [0.05, 0.1) is 18.5 Å². The van der Waals surface area contributed by atoms with Crippen molar-refractivity contribution in [1.82, 2.24) is 4.90 Å². The molecule has 1 fully saturated rings. The molecular formula is C29H34N4O2. The van der Waals surface area contributed by atoms with Crippen molar-refractivity contribution in [2.75, 3.05) is 36.5 Å². The van der Waals surface area contributed by atoms with Crippen molar-refractivity contribution in [2.24, 2.45) is 0 Å². The molecule has 35 heavy (non-hydrogen) atoms. The second kappa shape index (κ2) is 9.95. The van der Waals surface area contributed by atoms with E-state index >= 15 is 0 Å². The van der Waals surface area contributed by atoms with Crippen molar-refractivity contribution < 1.29 is 9.59 Å². The molecule has 4 rings (SSSR count). The van der Waals surface area contributed by atoms with Crippen molar-refractivity contribution in [1.29, 1.82) is 5.26 Å². The zero-order valence-electron chi connectivity index (χ0n) is 21.1. The van der Waals surface area contributed by atoms with Gasteiger partial charge in [0.25, 0.3) is 0 Å². The Balaban J connectivity index is 1.50. The quantitative estimate of drug-likeness (QED) is 0.525. The highest BCUT2D eigenvalue weighted by Gasteiger charge is 2.41. The molecule has 2 heterocycles. The Morgan fingerprint density at radius 1 is 1.11 bits per heavy atom. The minimum atomic E-state index is -0.103. The maximum absolute atomic E-state index is 12.0. The second-order valence-electron chi connectivity index (χ2n) is 10.0. The van der Waals surface area contributed by atoms with E-state index in [0.29, 0.717) is 38.9 Å². The number of amides is 2. The SMILES string of the molecule is Cc1cc(N(CCC#N)CCN2C(=O)CCC2=O)ccc1/C=C/C1N(C)c2ccccc2C1(C)C. The number of anilines is 2. The molecule has 182 valence electrons. The number of hydrogen-bond donors (Lipinski definition) is 0. The average Bonchev–Trinajstić information content (AvgIpc) is 3.26. The summed E-state index contributed by atoms with van der Waals surface area (Å²) in [5, 5.41) is 9.12. The Bertz CT molecular complexity index is 1180. The lowest BCUT2D eigenvalue weighted by Crippen LogP contribution is -2.38. The zero-order chi connectivity index (χ0) is 25.2. The highest BCUT2D eigenvalue weighted by molar-refractivity contribution is 6.01. The molecule has 2 aliphatic heterocycles. The van der Waals surface area contributed by atoms with Crippen molar-refractivity contribution in [2.45, 2.75) is 51.5 Å². The highest BCUT2D eigenvalue weighted by atomic mass is 16.2.